The first kappa shape index (κ1) is 25.2. The molecule has 3 N–H and O–H groups in total. The Morgan fingerprint density at radius 3 is 2.18 bits per heavy atom. The standard InChI is InChI=1S/C26H32N2O6/c1-3-17(14-24(29)27-13-12-23(33-2)25(30)31)15-28-26(32)34-16-22-20-10-6-4-8-18(20)19-9-5-7-11-21(19)22/h4-11,17,22-23H,3,12-16H2,1-2H3,(H,27,29)(H,28,32)(H,30,31). The van der Waals surface area contributed by atoms with Crippen LogP contribution >= 0.6 is 0 Å². The highest BCUT2D eigenvalue weighted by atomic mass is 16.5. The Bertz CT molecular complexity index is 963. The third kappa shape index (κ3) is 6.35. The molecule has 3 rings (SSSR count). The molecule has 2 amide bonds. The van der Waals surface area contributed by atoms with Gasteiger partial charge < -0.3 is 25.2 Å². The van der Waals surface area contributed by atoms with E-state index in [0.717, 1.165) is 11.1 Å². The summed E-state index contributed by atoms with van der Waals surface area (Å²) in [5.41, 5.74) is 4.64. The lowest BCUT2D eigenvalue weighted by molar-refractivity contribution is -0.149. The summed E-state index contributed by atoms with van der Waals surface area (Å²) < 4.78 is 10.4. The quantitative estimate of drug-likeness (QED) is 0.439. The lowest BCUT2D eigenvalue weighted by Gasteiger charge is -2.18. The first-order chi connectivity index (χ1) is 16.4. The van der Waals surface area contributed by atoms with Crippen molar-refractivity contribution in [2.45, 2.75) is 38.2 Å². The minimum atomic E-state index is -1.06. The summed E-state index contributed by atoms with van der Waals surface area (Å²) in [5, 5.41) is 14.4. The summed E-state index contributed by atoms with van der Waals surface area (Å²) >= 11 is 0. The van der Waals surface area contributed by atoms with Crippen LogP contribution in [0, 0.1) is 5.92 Å². The molecule has 0 saturated carbocycles. The fourth-order valence-electron chi connectivity index (χ4n) is 4.26. The molecule has 0 fully saturated rings. The number of rotatable bonds is 12. The van der Waals surface area contributed by atoms with Crippen LogP contribution in [-0.2, 0) is 19.1 Å². The largest absolute Gasteiger partial charge is 0.479 e. The number of benzene rings is 2. The summed E-state index contributed by atoms with van der Waals surface area (Å²) in [6.07, 6.45) is -0.341. The summed E-state index contributed by atoms with van der Waals surface area (Å²) in [6, 6.07) is 16.3. The van der Waals surface area contributed by atoms with Crippen LogP contribution in [0.3, 0.4) is 0 Å². The van der Waals surface area contributed by atoms with E-state index in [-0.39, 0.29) is 43.7 Å². The van der Waals surface area contributed by atoms with Crippen molar-refractivity contribution in [3.63, 3.8) is 0 Å². The summed E-state index contributed by atoms with van der Waals surface area (Å²) in [5.74, 6) is -1.32. The van der Waals surface area contributed by atoms with Crippen molar-refractivity contribution in [3.05, 3.63) is 59.7 Å². The molecule has 8 heteroatoms. The minimum absolute atomic E-state index is 0.00683. The zero-order chi connectivity index (χ0) is 24.5. The molecule has 2 atom stereocenters. The smallest absolute Gasteiger partial charge is 0.407 e. The van der Waals surface area contributed by atoms with Gasteiger partial charge in [-0.1, -0.05) is 61.9 Å². The zero-order valence-electron chi connectivity index (χ0n) is 19.6. The summed E-state index contributed by atoms with van der Waals surface area (Å²) in [4.78, 5) is 35.5. The maximum Gasteiger partial charge on any atom is 0.407 e. The molecule has 0 aromatic heterocycles. The van der Waals surface area contributed by atoms with Crippen molar-refractivity contribution in [1.82, 2.24) is 10.6 Å². The second-order valence-corrected chi connectivity index (χ2v) is 8.39. The molecule has 34 heavy (non-hydrogen) atoms. The molecule has 2 aromatic rings. The van der Waals surface area contributed by atoms with E-state index in [9.17, 15) is 14.4 Å². The normalized spacial score (nSPS) is 13.9. The van der Waals surface area contributed by atoms with Crippen molar-refractivity contribution in [1.29, 1.82) is 0 Å². The number of carboxylic acids is 1. The van der Waals surface area contributed by atoms with E-state index >= 15 is 0 Å². The van der Waals surface area contributed by atoms with Gasteiger partial charge in [0, 0.05) is 39.0 Å². The molecule has 0 spiro atoms. The Labute approximate surface area is 199 Å². The number of carboxylic acid groups (broad SMARTS) is 1. The third-order valence-corrected chi connectivity index (χ3v) is 6.22. The lowest BCUT2D eigenvalue weighted by atomic mass is 9.98. The van der Waals surface area contributed by atoms with Gasteiger partial charge in [0.1, 0.15) is 6.61 Å². The van der Waals surface area contributed by atoms with Gasteiger partial charge in [0.25, 0.3) is 0 Å². The number of alkyl carbamates (subject to hydrolysis) is 1. The third-order valence-electron chi connectivity index (χ3n) is 6.22. The first-order valence-corrected chi connectivity index (χ1v) is 11.6. The van der Waals surface area contributed by atoms with E-state index in [1.165, 1.54) is 18.2 Å². The molecule has 0 aliphatic heterocycles. The van der Waals surface area contributed by atoms with Crippen molar-refractivity contribution >= 4 is 18.0 Å². The maximum absolute atomic E-state index is 12.4. The van der Waals surface area contributed by atoms with Crippen LogP contribution in [0.5, 0.6) is 0 Å². The highest BCUT2D eigenvalue weighted by Crippen LogP contribution is 2.44. The van der Waals surface area contributed by atoms with Crippen LogP contribution in [0.25, 0.3) is 11.1 Å². The molecule has 1 aliphatic carbocycles. The van der Waals surface area contributed by atoms with Gasteiger partial charge in [-0.25, -0.2) is 9.59 Å². The topological polar surface area (TPSA) is 114 Å². The molecular weight excluding hydrogens is 436 g/mol. The fourth-order valence-corrected chi connectivity index (χ4v) is 4.26. The molecular formula is C26H32N2O6. The Hall–Kier alpha value is -3.39. The van der Waals surface area contributed by atoms with Gasteiger partial charge in [-0.05, 0) is 28.2 Å². The van der Waals surface area contributed by atoms with Crippen LogP contribution in [0.1, 0.15) is 43.2 Å². The van der Waals surface area contributed by atoms with E-state index in [0.29, 0.717) is 13.0 Å². The van der Waals surface area contributed by atoms with E-state index in [2.05, 4.69) is 34.9 Å². The van der Waals surface area contributed by atoms with Crippen LogP contribution < -0.4 is 10.6 Å². The van der Waals surface area contributed by atoms with Crippen LogP contribution in [0.15, 0.2) is 48.5 Å². The van der Waals surface area contributed by atoms with E-state index in [4.69, 9.17) is 14.6 Å². The number of aliphatic carboxylic acids is 1. The van der Waals surface area contributed by atoms with Crippen LogP contribution in [0.2, 0.25) is 0 Å². The predicted octanol–water partition coefficient (Wildman–Crippen LogP) is 3.55. The fraction of sp³-hybridized carbons (Fsp3) is 0.423. The Morgan fingerprint density at radius 1 is 1.00 bits per heavy atom. The van der Waals surface area contributed by atoms with E-state index in [1.54, 1.807) is 0 Å². The van der Waals surface area contributed by atoms with Gasteiger partial charge in [-0.15, -0.1) is 0 Å². The highest BCUT2D eigenvalue weighted by molar-refractivity contribution is 5.79. The van der Waals surface area contributed by atoms with E-state index in [1.807, 2.05) is 31.2 Å². The number of carbonyl (C=O) groups excluding carboxylic acids is 2. The van der Waals surface area contributed by atoms with Crippen molar-refractivity contribution in [2.75, 3.05) is 26.8 Å². The molecule has 0 heterocycles. The Kier molecular flexibility index (Phi) is 9.04. The highest BCUT2D eigenvalue weighted by Gasteiger charge is 2.29. The average Bonchev–Trinajstić information content (AvgIpc) is 3.16. The first-order valence-electron chi connectivity index (χ1n) is 11.6. The van der Waals surface area contributed by atoms with E-state index < -0.39 is 18.2 Å². The van der Waals surface area contributed by atoms with Gasteiger partial charge in [-0.2, -0.15) is 0 Å². The summed E-state index contributed by atoms with van der Waals surface area (Å²) in [7, 11) is 1.32. The molecule has 1 aliphatic rings. The summed E-state index contributed by atoms with van der Waals surface area (Å²) in [6.45, 7) is 2.71. The lowest BCUT2D eigenvalue weighted by Crippen LogP contribution is -2.35. The number of hydrogen-bond donors (Lipinski definition) is 3. The number of methoxy groups -OCH3 is 1. The molecule has 0 saturated heterocycles. The zero-order valence-corrected chi connectivity index (χ0v) is 19.6. The van der Waals surface area contributed by atoms with Crippen molar-refractivity contribution in [2.24, 2.45) is 5.92 Å². The monoisotopic (exact) mass is 468 g/mol. The molecule has 8 nitrogen and oxygen atoms in total. The number of ether oxygens (including phenoxy) is 2. The van der Waals surface area contributed by atoms with Gasteiger partial charge >= 0.3 is 12.1 Å². The Morgan fingerprint density at radius 2 is 1.62 bits per heavy atom. The minimum Gasteiger partial charge on any atom is -0.479 e. The molecule has 0 radical (unpaired) electrons. The van der Waals surface area contributed by atoms with Gasteiger partial charge in [0.15, 0.2) is 6.10 Å². The van der Waals surface area contributed by atoms with Crippen molar-refractivity contribution in [3.8, 4) is 11.1 Å². The number of nitrogens with one attached hydrogen (secondary N) is 2. The maximum atomic E-state index is 12.4. The molecule has 2 aromatic carbocycles. The predicted molar refractivity (Wildman–Crippen MR) is 128 cm³/mol. The Balaban J connectivity index is 1.44. The number of amides is 2. The van der Waals surface area contributed by atoms with Gasteiger partial charge in [0.05, 0.1) is 0 Å². The SMILES string of the molecule is CCC(CNC(=O)OCC1c2ccccc2-c2ccccc21)CC(=O)NCCC(OC)C(=O)O. The molecule has 182 valence electrons. The van der Waals surface area contributed by atoms with Crippen LogP contribution in [-0.4, -0.2) is 56.0 Å². The average molecular weight is 469 g/mol. The van der Waals surface area contributed by atoms with Crippen molar-refractivity contribution < 1.29 is 29.0 Å². The molecule has 0 bridgehead atoms. The second kappa shape index (κ2) is 12.2. The number of carbonyl (C=O) groups is 3. The molecule has 2 unspecified atom stereocenters. The second-order valence-electron chi connectivity index (χ2n) is 8.39. The van der Waals surface area contributed by atoms with Crippen LogP contribution in [0.4, 0.5) is 4.79 Å². The van der Waals surface area contributed by atoms with Gasteiger partial charge in [0.2, 0.25) is 5.91 Å². The number of fused-ring (bicyclic) bond motifs is 3. The van der Waals surface area contributed by atoms with Gasteiger partial charge in [-0.3, -0.25) is 4.79 Å². The number of hydrogen-bond acceptors (Lipinski definition) is 5.